The van der Waals surface area contributed by atoms with Crippen molar-refractivity contribution in [1.82, 2.24) is 4.98 Å². The summed E-state index contributed by atoms with van der Waals surface area (Å²) in [5.74, 6) is 1.27. The Balaban J connectivity index is 2.01. The Morgan fingerprint density at radius 2 is 2.00 bits per heavy atom. The number of nitrogen functional groups attached to an aromatic ring is 1. The molecule has 1 aromatic carbocycles. The Bertz CT molecular complexity index is 541. The van der Waals surface area contributed by atoms with Crippen molar-refractivity contribution < 1.29 is 9.47 Å². The molecule has 0 unspecified atom stereocenters. The van der Waals surface area contributed by atoms with Crippen LogP contribution in [0, 0.1) is 0 Å². The van der Waals surface area contributed by atoms with E-state index in [9.17, 15) is 0 Å². The highest BCUT2D eigenvalue weighted by atomic mass is 16.5. The smallest absolute Gasteiger partial charge is 0.212 e. The van der Waals surface area contributed by atoms with Crippen LogP contribution in [0.4, 0.5) is 11.4 Å². The molecule has 1 aromatic heterocycles. The molecular formula is C14H17N3O2. The number of anilines is 2. The Kier molecular flexibility index (Phi) is 4.07. The van der Waals surface area contributed by atoms with Crippen LogP contribution in [-0.2, 0) is 6.54 Å². The lowest BCUT2D eigenvalue weighted by Crippen LogP contribution is -2.01. The summed E-state index contributed by atoms with van der Waals surface area (Å²) in [4.78, 5) is 4.15. The molecule has 0 saturated heterocycles. The van der Waals surface area contributed by atoms with Crippen molar-refractivity contribution in [2.75, 3.05) is 25.3 Å². The zero-order valence-corrected chi connectivity index (χ0v) is 11.0. The summed E-state index contributed by atoms with van der Waals surface area (Å²) in [5.41, 5.74) is 8.40. The van der Waals surface area contributed by atoms with Gasteiger partial charge in [0.15, 0.2) is 0 Å². The largest absolute Gasteiger partial charge is 0.495 e. The van der Waals surface area contributed by atoms with Crippen molar-refractivity contribution in [1.29, 1.82) is 0 Å². The lowest BCUT2D eigenvalue weighted by Gasteiger charge is -2.10. The Morgan fingerprint density at radius 3 is 2.63 bits per heavy atom. The number of nitrogens with two attached hydrogens (primary N) is 1. The Hall–Kier alpha value is -2.43. The SMILES string of the molecule is COc1ccc(CNc2ccc(N)c(OC)c2)cn1. The van der Waals surface area contributed by atoms with Crippen LogP contribution in [0.15, 0.2) is 36.5 Å². The summed E-state index contributed by atoms with van der Waals surface area (Å²) in [6.07, 6.45) is 1.78. The first-order valence-corrected chi connectivity index (χ1v) is 5.89. The summed E-state index contributed by atoms with van der Waals surface area (Å²) < 4.78 is 10.2. The highest BCUT2D eigenvalue weighted by molar-refractivity contribution is 5.61. The number of pyridine rings is 1. The number of methoxy groups -OCH3 is 2. The number of nitrogens with zero attached hydrogens (tertiary/aromatic N) is 1. The number of rotatable bonds is 5. The van der Waals surface area contributed by atoms with Gasteiger partial charge in [0.2, 0.25) is 5.88 Å². The van der Waals surface area contributed by atoms with Gasteiger partial charge in [0.1, 0.15) is 5.75 Å². The molecule has 0 aliphatic rings. The fourth-order valence-corrected chi connectivity index (χ4v) is 1.66. The van der Waals surface area contributed by atoms with Crippen LogP contribution < -0.4 is 20.5 Å². The molecule has 0 spiro atoms. The second kappa shape index (κ2) is 5.95. The van der Waals surface area contributed by atoms with Crippen LogP contribution in [-0.4, -0.2) is 19.2 Å². The first-order chi connectivity index (χ1) is 9.22. The van der Waals surface area contributed by atoms with Gasteiger partial charge in [-0.25, -0.2) is 4.98 Å². The molecule has 1 heterocycles. The minimum absolute atomic E-state index is 0.609. The van der Waals surface area contributed by atoms with Gasteiger partial charge in [-0.2, -0.15) is 0 Å². The first kappa shape index (κ1) is 13.0. The molecule has 0 aliphatic heterocycles. The Morgan fingerprint density at radius 1 is 1.16 bits per heavy atom. The minimum Gasteiger partial charge on any atom is -0.495 e. The van der Waals surface area contributed by atoms with E-state index in [1.54, 1.807) is 20.4 Å². The molecule has 19 heavy (non-hydrogen) atoms. The average Bonchev–Trinajstić information content (AvgIpc) is 2.47. The van der Waals surface area contributed by atoms with Gasteiger partial charge < -0.3 is 20.5 Å². The van der Waals surface area contributed by atoms with Crippen LogP contribution in [0.1, 0.15) is 5.56 Å². The number of benzene rings is 1. The maximum absolute atomic E-state index is 5.76. The average molecular weight is 259 g/mol. The fourth-order valence-electron chi connectivity index (χ4n) is 1.66. The molecular weight excluding hydrogens is 242 g/mol. The van der Waals surface area contributed by atoms with Gasteiger partial charge in [0.05, 0.1) is 19.9 Å². The predicted octanol–water partition coefficient (Wildman–Crippen LogP) is 2.29. The monoisotopic (exact) mass is 259 g/mol. The maximum Gasteiger partial charge on any atom is 0.212 e. The van der Waals surface area contributed by atoms with Crippen molar-refractivity contribution >= 4 is 11.4 Å². The molecule has 0 bridgehead atoms. The Labute approximate surface area is 112 Å². The molecule has 100 valence electrons. The number of nitrogens with one attached hydrogen (secondary N) is 1. The van der Waals surface area contributed by atoms with Crippen LogP contribution in [0.2, 0.25) is 0 Å². The second-order valence-electron chi connectivity index (χ2n) is 4.02. The third-order valence-corrected chi connectivity index (χ3v) is 2.74. The number of aromatic nitrogens is 1. The summed E-state index contributed by atoms with van der Waals surface area (Å²) in [6.45, 7) is 0.671. The van der Waals surface area contributed by atoms with Gasteiger partial charge in [0.25, 0.3) is 0 Å². The molecule has 2 aromatic rings. The van der Waals surface area contributed by atoms with E-state index in [-0.39, 0.29) is 0 Å². The normalized spacial score (nSPS) is 10.0. The van der Waals surface area contributed by atoms with Crippen molar-refractivity contribution in [3.8, 4) is 11.6 Å². The van der Waals surface area contributed by atoms with Crippen LogP contribution >= 0.6 is 0 Å². The van der Waals surface area contributed by atoms with Gasteiger partial charge >= 0.3 is 0 Å². The van der Waals surface area contributed by atoms with E-state index in [4.69, 9.17) is 15.2 Å². The van der Waals surface area contributed by atoms with Gasteiger partial charge in [-0.05, 0) is 17.7 Å². The van der Waals surface area contributed by atoms with Crippen LogP contribution in [0.5, 0.6) is 11.6 Å². The summed E-state index contributed by atoms with van der Waals surface area (Å²) in [6, 6.07) is 9.39. The van der Waals surface area contributed by atoms with Crippen molar-refractivity contribution in [3.05, 3.63) is 42.1 Å². The lowest BCUT2D eigenvalue weighted by atomic mass is 10.2. The second-order valence-corrected chi connectivity index (χ2v) is 4.02. The fraction of sp³-hybridized carbons (Fsp3) is 0.214. The molecule has 0 saturated carbocycles. The zero-order valence-electron chi connectivity index (χ0n) is 11.0. The van der Waals surface area contributed by atoms with Crippen molar-refractivity contribution in [3.63, 3.8) is 0 Å². The standard InChI is InChI=1S/C14H17N3O2/c1-18-13-7-11(4-5-12(13)15)16-8-10-3-6-14(19-2)17-9-10/h3-7,9,16H,8,15H2,1-2H3. The van der Waals surface area contributed by atoms with Gasteiger partial charge in [-0.1, -0.05) is 6.07 Å². The van der Waals surface area contributed by atoms with Crippen LogP contribution in [0.25, 0.3) is 0 Å². The molecule has 2 rings (SSSR count). The van der Waals surface area contributed by atoms with E-state index in [2.05, 4.69) is 10.3 Å². The highest BCUT2D eigenvalue weighted by Crippen LogP contribution is 2.25. The molecule has 5 nitrogen and oxygen atoms in total. The van der Waals surface area contributed by atoms with Gasteiger partial charge in [0, 0.05) is 30.6 Å². The number of hydrogen-bond donors (Lipinski definition) is 2. The molecule has 0 radical (unpaired) electrons. The van der Waals surface area contributed by atoms with E-state index in [1.807, 2.05) is 30.3 Å². The third-order valence-electron chi connectivity index (χ3n) is 2.74. The maximum atomic E-state index is 5.76. The van der Waals surface area contributed by atoms with Crippen molar-refractivity contribution in [2.24, 2.45) is 0 Å². The molecule has 5 heteroatoms. The third kappa shape index (κ3) is 3.28. The van der Waals surface area contributed by atoms with E-state index in [0.29, 0.717) is 23.9 Å². The van der Waals surface area contributed by atoms with Crippen molar-refractivity contribution in [2.45, 2.75) is 6.54 Å². The van der Waals surface area contributed by atoms with E-state index in [0.717, 1.165) is 11.3 Å². The van der Waals surface area contributed by atoms with E-state index in [1.165, 1.54) is 0 Å². The summed E-state index contributed by atoms with van der Waals surface area (Å²) >= 11 is 0. The topological polar surface area (TPSA) is 69.4 Å². The molecule has 3 N–H and O–H groups in total. The van der Waals surface area contributed by atoms with E-state index >= 15 is 0 Å². The highest BCUT2D eigenvalue weighted by Gasteiger charge is 2.01. The predicted molar refractivity (Wildman–Crippen MR) is 75.5 cm³/mol. The quantitative estimate of drug-likeness (QED) is 0.806. The number of ether oxygens (including phenoxy) is 2. The van der Waals surface area contributed by atoms with Gasteiger partial charge in [-0.3, -0.25) is 0 Å². The van der Waals surface area contributed by atoms with Crippen LogP contribution in [0.3, 0.4) is 0 Å². The minimum atomic E-state index is 0.609. The summed E-state index contributed by atoms with van der Waals surface area (Å²) in [5, 5.41) is 3.28. The lowest BCUT2D eigenvalue weighted by molar-refractivity contribution is 0.397. The first-order valence-electron chi connectivity index (χ1n) is 5.89. The van der Waals surface area contributed by atoms with Gasteiger partial charge in [-0.15, -0.1) is 0 Å². The number of hydrogen-bond acceptors (Lipinski definition) is 5. The molecule has 0 fully saturated rings. The molecule has 0 amide bonds. The van der Waals surface area contributed by atoms with E-state index < -0.39 is 0 Å². The molecule has 0 atom stereocenters. The summed E-state index contributed by atoms with van der Waals surface area (Å²) in [7, 11) is 3.20. The zero-order chi connectivity index (χ0) is 13.7. The molecule has 0 aliphatic carbocycles.